The van der Waals surface area contributed by atoms with E-state index in [2.05, 4.69) is 20.9 Å². The number of aromatic nitrogens is 1. The molecule has 0 fully saturated rings. The molecule has 206 valence electrons. The molecule has 1 aromatic carbocycles. The fourth-order valence-electron chi connectivity index (χ4n) is 3.71. The predicted octanol–water partition coefficient (Wildman–Crippen LogP) is -0.818. The minimum Gasteiger partial charge on any atom is -0.481 e. The third kappa shape index (κ3) is 8.30. The van der Waals surface area contributed by atoms with Crippen LogP contribution in [0, 0.1) is 5.92 Å². The van der Waals surface area contributed by atoms with Gasteiger partial charge in [0.25, 0.3) is 0 Å². The Morgan fingerprint density at radius 2 is 1.42 bits per heavy atom. The van der Waals surface area contributed by atoms with Crippen LogP contribution in [0.2, 0.25) is 0 Å². The molecule has 14 nitrogen and oxygen atoms in total. The van der Waals surface area contributed by atoms with Crippen molar-refractivity contribution in [2.45, 2.75) is 57.3 Å². The fraction of sp³-hybridized carbons (Fsp3) is 0.417. The van der Waals surface area contributed by atoms with Crippen molar-refractivity contribution < 1.29 is 44.1 Å². The van der Waals surface area contributed by atoms with Gasteiger partial charge in [-0.25, -0.2) is 4.79 Å². The zero-order valence-corrected chi connectivity index (χ0v) is 20.8. The Kier molecular flexibility index (Phi) is 10.3. The summed E-state index contributed by atoms with van der Waals surface area (Å²) >= 11 is 0. The minimum atomic E-state index is -1.70. The number of fused-ring (bicyclic) bond motifs is 1. The van der Waals surface area contributed by atoms with Gasteiger partial charge in [-0.1, -0.05) is 32.0 Å². The van der Waals surface area contributed by atoms with E-state index in [-0.39, 0.29) is 6.42 Å². The van der Waals surface area contributed by atoms with Gasteiger partial charge in [-0.3, -0.25) is 24.0 Å². The summed E-state index contributed by atoms with van der Waals surface area (Å²) in [6.07, 6.45) is -0.124. The number of H-pyrrole nitrogens is 1. The van der Waals surface area contributed by atoms with Gasteiger partial charge in [-0.2, -0.15) is 0 Å². The van der Waals surface area contributed by atoms with Crippen molar-refractivity contribution >= 4 is 46.5 Å². The van der Waals surface area contributed by atoms with E-state index < -0.39 is 78.6 Å². The molecule has 1 aromatic heterocycles. The highest BCUT2D eigenvalue weighted by Crippen LogP contribution is 2.19. The molecule has 38 heavy (non-hydrogen) atoms. The molecule has 0 spiro atoms. The Balaban J connectivity index is 2.33. The van der Waals surface area contributed by atoms with Crippen molar-refractivity contribution in [1.29, 1.82) is 0 Å². The van der Waals surface area contributed by atoms with Gasteiger partial charge < -0.3 is 42.0 Å². The number of benzene rings is 1. The molecule has 0 radical (unpaired) electrons. The molecule has 0 saturated heterocycles. The molecular formula is C24H31N5O9. The Morgan fingerprint density at radius 1 is 0.842 bits per heavy atom. The molecule has 4 atom stereocenters. The number of aliphatic carboxylic acids is 3. The number of amides is 3. The Bertz CT molecular complexity index is 1210. The quantitative estimate of drug-likeness (QED) is 0.150. The van der Waals surface area contributed by atoms with Crippen LogP contribution in [-0.4, -0.2) is 80.1 Å². The number of para-hydroxylation sites is 1. The summed E-state index contributed by atoms with van der Waals surface area (Å²) in [5.41, 5.74) is 6.87. The number of aromatic amines is 1. The summed E-state index contributed by atoms with van der Waals surface area (Å²) < 4.78 is 0. The second-order valence-electron chi connectivity index (χ2n) is 9.06. The number of rotatable bonds is 14. The number of hydrogen-bond donors (Lipinski definition) is 8. The predicted molar refractivity (Wildman–Crippen MR) is 133 cm³/mol. The van der Waals surface area contributed by atoms with Gasteiger partial charge in [0.15, 0.2) is 0 Å². The smallest absolute Gasteiger partial charge is 0.326 e. The zero-order chi connectivity index (χ0) is 28.6. The van der Waals surface area contributed by atoms with Crippen LogP contribution < -0.4 is 21.7 Å². The summed E-state index contributed by atoms with van der Waals surface area (Å²) in [5, 5.41) is 35.2. The monoisotopic (exact) mass is 533 g/mol. The fourth-order valence-corrected chi connectivity index (χ4v) is 3.71. The van der Waals surface area contributed by atoms with Crippen LogP contribution in [0.3, 0.4) is 0 Å². The Hall–Kier alpha value is -4.46. The average Bonchev–Trinajstić information content (AvgIpc) is 3.23. The Labute approximate surface area is 217 Å². The van der Waals surface area contributed by atoms with Crippen LogP contribution in [0.4, 0.5) is 0 Å². The van der Waals surface area contributed by atoms with Crippen molar-refractivity contribution in [3.63, 3.8) is 0 Å². The van der Waals surface area contributed by atoms with Gasteiger partial charge in [-0.15, -0.1) is 0 Å². The molecule has 9 N–H and O–H groups in total. The van der Waals surface area contributed by atoms with E-state index in [4.69, 9.17) is 10.8 Å². The van der Waals surface area contributed by atoms with E-state index in [1.807, 2.05) is 0 Å². The minimum absolute atomic E-state index is 0.0989. The Morgan fingerprint density at radius 3 is 2.00 bits per heavy atom. The molecule has 4 unspecified atom stereocenters. The van der Waals surface area contributed by atoms with Gasteiger partial charge in [0, 0.05) is 23.5 Å². The maximum atomic E-state index is 13.2. The SMILES string of the molecule is CC(C)C(NC(=O)C(Cc1c[nH]c2ccccc12)NC(=O)C(CC(=O)O)NC(=O)C(N)CC(=O)O)C(=O)O. The van der Waals surface area contributed by atoms with Gasteiger partial charge in [0.05, 0.1) is 18.9 Å². The molecule has 3 amide bonds. The number of carbonyl (C=O) groups is 6. The highest BCUT2D eigenvalue weighted by atomic mass is 16.4. The molecule has 0 bridgehead atoms. The first kappa shape index (κ1) is 29.8. The van der Waals surface area contributed by atoms with Crippen LogP contribution in [0.25, 0.3) is 10.9 Å². The highest BCUT2D eigenvalue weighted by molar-refractivity contribution is 5.96. The summed E-state index contributed by atoms with van der Waals surface area (Å²) in [6, 6.07) is 1.27. The number of hydrogen-bond acceptors (Lipinski definition) is 7. The normalized spacial score (nSPS) is 14.2. The van der Waals surface area contributed by atoms with Crippen molar-refractivity contribution in [2.75, 3.05) is 0 Å². The van der Waals surface area contributed by atoms with Gasteiger partial charge in [0.2, 0.25) is 17.7 Å². The summed E-state index contributed by atoms with van der Waals surface area (Å²) in [5.74, 6) is -7.57. The standard InChI is InChI=1S/C24H31N5O9/c1-11(2)20(24(37)38)29-23(36)16(7-12-10-26-15-6-4-3-5-13(12)15)28-22(35)17(9-19(32)33)27-21(34)14(25)8-18(30)31/h3-6,10-11,14,16-17,20,26H,7-9,25H2,1-2H3,(H,27,34)(H,28,35)(H,29,36)(H,30,31)(H,32,33)(H,37,38). The number of nitrogens with one attached hydrogen (secondary N) is 4. The largest absolute Gasteiger partial charge is 0.481 e. The molecular weight excluding hydrogens is 502 g/mol. The number of carboxylic acids is 3. The average molecular weight is 534 g/mol. The van der Waals surface area contributed by atoms with E-state index in [0.717, 1.165) is 10.9 Å². The summed E-state index contributed by atoms with van der Waals surface area (Å²) in [6.45, 7) is 3.18. The van der Waals surface area contributed by atoms with E-state index in [9.17, 15) is 39.0 Å². The van der Waals surface area contributed by atoms with Gasteiger partial charge in [-0.05, 0) is 17.5 Å². The summed E-state index contributed by atoms with van der Waals surface area (Å²) in [4.78, 5) is 75.4. The van der Waals surface area contributed by atoms with E-state index in [0.29, 0.717) is 5.56 Å². The van der Waals surface area contributed by atoms with E-state index in [1.165, 1.54) is 0 Å². The number of carboxylic acid groups (broad SMARTS) is 3. The molecule has 0 aliphatic heterocycles. The highest BCUT2D eigenvalue weighted by Gasteiger charge is 2.33. The lowest BCUT2D eigenvalue weighted by Crippen LogP contribution is -2.58. The third-order valence-electron chi connectivity index (χ3n) is 5.71. The lowest BCUT2D eigenvalue weighted by Gasteiger charge is -2.25. The molecule has 0 aliphatic rings. The number of nitrogens with two attached hydrogens (primary N) is 1. The van der Waals surface area contributed by atoms with Crippen molar-refractivity contribution in [1.82, 2.24) is 20.9 Å². The van der Waals surface area contributed by atoms with E-state index >= 15 is 0 Å². The van der Waals surface area contributed by atoms with Crippen LogP contribution in [0.15, 0.2) is 30.5 Å². The van der Waals surface area contributed by atoms with Gasteiger partial charge in [0.1, 0.15) is 18.1 Å². The molecule has 0 aliphatic carbocycles. The molecule has 0 saturated carbocycles. The lowest BCUT2D eigenvalue weighted by molar-refractivity contribution is -0.144. The molecule has 1 heterocycles. The zero-order valence-electron chi connectivity index (χ0n) is 20.8. The lowest BCUT2D eigenvalue weighted by atomic mass is 10.0. The van der Waals surface area contributed by atoms with E-state index in [1.54, 1.807) is 44.3 Å². The van der Waals surface area contributed by atoms with Crippen LogP contribution in [0.1, 0.15) is 32.3 Å². The molecule has 2 rings (SSSR count). The number of carbonyl (C=O) groups excluding carboxylic acids is 3. The molecule has 2 aromatic rings. The second kappa shape index (κ2) is 13.2. The molecule has 14 heteroatoms. The van der Waals surface area contributed by atoms with Crippen LogP contribution in [0.5, 0.6) is 0 Å². The van der Waals surface area contributed by atoms with Crippen molar-refractivity contribution in [2.24, 2.45) is 11.7 Å². The topological polar surface area (TPSA) is 241 Å². The second-order valence-corrected chi connectivity index (χ2v) is 9.06. The van der Waals surface area contributed by atoms with Crippen LogP contribution >= 0.6 is 0 Å². The first-order valence-corrected chi connectivity index (χ1v) is 11.7. The third-order valence-corrected chi connectivity index (χ3v) is 5.71. The van der Waals surface area contributed by atoms with Gasteiger partial charge >= 0.3 is 17.9 Å². The first-order chi connectivity index (χ1) is 17.8. The van der Waals surface area contributed by atoms with Crippen molar-refractivity contribution in [3.05, 3.63) is 36.0 Å². The van der Waals surface area contributed by atoms with Crippen LogP contribution in [-0.2, 0) is 35.2 Å². The van der Waals surface area contributed by atoms with Crippen molar-refractivity contribution in [3.8, 4) is 0 Å². The maximum absolute atomic E-state index is 13.2. The maximum Gasteiger partial charge on any atom is 0.326 e. The first-order valence-electron chi connectivity index (χ1n) is 11.7. The summed E-state index contributed by atoms with van der Waals surface area (Å²) in [7, 11) is 0.